The van der Waals surface area contributed by atoms with Gasteiger partial charge in [0.15, 0.2) is 0 Å². The van der Waals surface area contributed by atoms with Crippen LogP contribution in [0.5, 0.6) is 5.75 Å². The Balaban J connectivity index is 0.000000679. The van der Waals surface area contributed by atoms with Gasteiger partial charge in [-0.1, -0.05) is 104 Å². The molecule has 0 fully saturated rings. The smallest absolute Gasteiger partial charge is 0.338 e. The first-order valence-electron chi connectivity index (χ1n) is 13.6. The molecule has 1 rings (SSSR count). The minimum Gasteiger partial charge on any atom is -0.508 e. The van der Waals surface area contributed by atoms with E-state index in [1.165, 1.54) is 95.6 Å². The fourth-order valence-corrected chi connectivity index (χ4v) is 3.58. The summed E-state index contributed by atoms with van der Waals surface area (Å²) >= 11 is 0. The number of esters is 1. The molecule has 0 aliphatic carbocycles. The highest BCUT2D eigenvalue weighted by Crippen LogP contribution is 2.14. The number of hydrogen-bond donors (Lipinski definition) is 2. The molecular formula is C29H50O5. The Labute approximate surface area is 208 Å². The van der Waals surface area contributed by atoms with Crippen molar-refractivity contribution >= 4 is 11.9 Å². The summed E-state index contributed by atoms with van der Waals surface area (Å²) in [6.07, 6.45) is 20.9. The predicted octanol–water partition coefficient (Wildman–Crippen LogP) is 8.68. The molecule has 5 nitrogen and oxygen atoms in total. The van der Waals surface area contributed by atoms with E-state index in [-0.39, 0.29) is 17.8 Å². The van der Waals surface area contributed by atoms with E-state index >= 15 is 0 Å². The van der Waals surface area contributed by atoms with Crippen LogP contribution < -0.4 is 0 Å². The van der Waals surface area contributed by atoms with Crippen molar-refractivity contribution in [2.75, 3.05) is 0 Å². The molecule has 0 aliphatic heterocycles. The van der Waals surface area contributed by atoms with Crippen LogP contribution in [0.3, 0.4) is 0 Å². The largest absolute Gasteiger partial charge is 0.508 e. The molecule has 0 heterocycles. The first-order valence-corrected chi connectivity index (χ1v) is 13.6. The van der Waals surface area contributed by atoms with E-state index in [2.05, 4.69) is 6.92 Å². The number of carboxylic acids is 1. The van der Waals surface area contributed by atoms with Gasteiger partial charge in [-0.25, -0.2) is 4.79 Å². The Morgan fingerprint density at radius 1 is 0.735 bits per heavy atom. The molecule has 0 spiro atoms. The summed E-state index contributed by atoms with van der Waals surface area (Å²) in [5.74, 6) is -0.857. The summed E-state index contributed by atoms with van der Waals surface area (Å²) < 4.78 is 5.10. The van der Waals surface area contributed by atoms with Crippen LogP contribution >= 0.6 is 0 Å². The zero-order valence-corrected chi connectivity index (χ0v) is 22.0. The fourth-order valence-electron chi connectivity index (χ4n) is 3.58. The zero-order chi connectivity index (χ0) is 25.4. The molecule has 2 N–H and O–H groups in total. The van der Waals surface area contributed by atoms with Gasteiger partial charge >= 0.3 is 11.9 Å². The van der Waals surface area contributed by atoms with E-state index in [0.717, 1.165) is 19.3 Å². The van der Waals surface area contributed by atoms with E-state index in [1.807, 2.05) is 13.8 Å². The Kier molecular flexibility index (Phi) is 21.4. The van der Waals surface area contributed by atoms with Crippen molar-refractivity contribution < 1.29 is 24.5 Å². The van der Waals surface area contributed by atoms with Crippen LogP contribution in [0.2, 0.25) is 0 Å². The number of aromatic hydroxyl groups is 1. The van der Waals surface area contributed by atoms with Crippen molar-refractivity contribution in [2.24, 2.45) is 0 Å². The number of phenols is 1. The third kappa shape index (κ3) is 20.6. The van der Waals surface area contributed by atoms with Gasteiger partial charge in [-0.15, -0.1) is 0 Å². The summed E-state index contributed by atoms with van der Waals surface area (Å²) in [7, 11) is 0. The lowest BCUT2D eigenvalue weighted by Gasteiger charge is -2.10. The molecule has 0 saturated carbocycles. The fraction of sp³-hybridized carbons (Fsp3) is 0.724. The van der Waals surface area contributed by atoms with Gasteiger partial charge in [0.25, 0.3) is 0 Å². The van der Waals surface area contributed by atoms with Gasteiger partial charge in [-0.05, 0) is 44.0 Å². The standard InChI is InChI=1S/C18H36O2.C11H14O3/c1-2-3-4-5-6-7-8-9-10-11-12-13-14-15-16-17-18(19)20;1-3-8(2)14-11(13)9-4-6-10(12)7-5-9/h2-17H2,1H3,(H,19,20);4-8,12H,3H2,1-2H3. The topological polar surface area (TPSA) is 83.8 Å². The number of benzene rings is 1. The number of ether oxygens (including phenoxy) is 1. The SMILES string of the molecule is CCC(C)OC(=O)c1ccc(O)cc1.CCCCCCCCCCCCCCCCCC(=O)O. The lowest BCUT2D eigenvalue weighted by atomic mass is 10.0. The van der Waals surface area contributed by atoms with Crippen LogP contribution in [0, 0.1) is 0 Å². The molecule has 1 unspecified atom stereocenters. The quantitative estimate of drug-likeness (QED) is 0.153. The second-order valence-electron chi connectivity index (χ2n) is 9.26. The van der Waals surface area contributed by atoms with Crippen molar-refractivity contribution in [1.29, 1.82) is 0 Å². The van der Waals surface area contributed by atoms with Gasteiger partial charge in [-0.2, -0.15) is 0 Å². The van der Waals surface area contributed by atoms with Gasteiger partial charge in [0.05, 0.1) is 11.7 Å². The minimum absolute atomic E-state index is 0.0729. The van der Waals surface area contributed by atoms with Crippen molar-refractivity contribution in [3.8, 4) is 5.75 Å². The van der Waals surface area contributed by atoms with Crippen LogP contribution in [0.15, 0.2) is 24.3 Å². The summed E-state index contributed by atoms with van der Waals surface area (Å²) in [6.45, 7) is 6.07. The number of carbonyl (C=O) groups excluding carboxylic acids is 1. The summed E-state index contributed by atoms with van der Waals surface area (Å²) in [4.78, 5) is 21.8. The van der Waals surface area contributed by atoms with E-state index in [1.54, 1.807) is 12.1 Å². The van der Waals surface area contributed by atoms with E-state index in [4.69, 9.17) is 14.9 Å². The van der Waals surface area contributed by atoms with Gasteiger partial charge in [0.1, 0.15) is 5.75 Å². The molecule has 0 aromatic heterocycles. The van der Waals surface area contributed by atoms with Crippen LogP contribution in [-0.4, -0.2) is 28.3 Å². The molecular weight excluding hydrogens is 428 g/mol. The summed E-state index contributed by atoms with van der Waals surface area (Å²) in [6, 6.07) is 6.01. The Morgan fingerprint density at radius 2 is 1.15 bits per heavy atom. The minimum atomic E-state index is -0.653. The van der Waals surface area contributed by atoms with Crippen LogP contribution in [0.25, 0.3) is 0 Å². The number of carbonyl (C=O) groups is 2. The average molecular weight is 479 g/mol. The first-order chi connectivity index (χ1) is 16.4. The van der Waals surface area contributed by atoms with E-state index in [9.17, 15) is 9.59 Å². The van der Waals surface area contributed by atoms with Crippen molar-refractivity contribution in [3.63, 3.8) is 0 Å². The Bertz CT molecular complexity index is 611. The summed E-state index contributed by atoms with van der Waals surface area (Å²) in [5.41, 5.74) is 0.461. The molecule has 0 radical (unpaired) electrons. The second-order valence-corrected chi connectivity index (χ2v) is 9.26. The number of carboxylic acid groups (broad SMARTS) is 1. The number of aliphatic carboxylic acids is 1. The zero-order valence-electron chi connectivity index (χ0n) is 22.0. The van der Waals surface area contributed by atoms with E-state index < -0.39 is 5.97 Å². The molecule has 0 saturated heterocycles. The maximum absolute atomic E-state index is 11.4. The van der Waals surface area contributed by atoms with Crippen LogP contribution in [-0.2, 0) is 9.53 Å². The molecule has 0 aliphatic rings. The Hall–Kier alpha value is -2.04. The molecule has 34 heavy (non-hydrogen) atoms. The molecule has 0 amide bonds. The molecule has 1 atom stereocenters. The van der Waals surface area contributed by atoms with Crippen molar-refractivity contribution in [3.05, 3.63) is 29.8 Å². The third-order valence-corrected chi connectivity index (χ3v) is 5.98. The van der Waals surface area contributed by atoms with Gasteiger partial charge in [-0.3, -0.25) is 4.79 Å². The normalized spacial score (nSPS) is 11.4. The van der Waals surface area contributed by atoms with Gasteiger partial charge in [0, 0.05) is 6.42 Å². The van der Waals surface area contributed by atoms with Crippen molar-refractivity contribution in [1.82, 2.24) is 0 Å². The molecule has 1 aromatic carbocycles. The van der Waals surface area contributed by atoms with Crippen LogP contribution in [0.4, 0.5) is 0 Å². The van der Waals surface area contributed by atoms with E-state index in [0.29, 0.717) is 12.0 Å². The molecule has 0 bridgehead atoms. The Morgan fingerprint density at radius 3 is 1.53 bits per heavy atom. The maximum atomic E-state index is 11.4. The summed E-state index contributed by atoms with van der Waals surface area (Å²) in [5, 5.41) is 17.5. The number of rotatable bonds is 19. The predicted molar refractivity (Wildman–Crippen MR) is 140 cm³/mol. The highest BCUT2D eigenvalue weighted by molar-refractivity contribution is 5.89. The lowest BCUT2D eigenvalue weighted by molar-refractivity contribution is -0.137. The number of unbranched alkanes of at least 4 members (excludes halogenated alkanes) is 14. The third-order valence-electron chi connectivity index (χ3n) is 5.98. The average Bonchev–Trinajstić information content (AvgIpc) is 2.82. The lowest BCUT2D eigenvalue weighted by Crippen LogP contribution is -2.13. The molecule has 196 valence electrons. The molecule has 1 aromatic rings. The maximum Gasteiger partial charge on any atom is 0.338 e. The number of phenolic OH excluding ortho intramolecular Hbond substituents is 1. The van der Waals surface area contributed by atoms with Gasteiger partial charge in [0.2, 0.25) is 0 Å². The van der Waals surface area contributed by atoms with Gasteiger partial charge < -0.3 is 14.9 Å². The number of hydrogen-bond acceptors (Lipinski definition) is 4. The highest BCUT2D eigenvalue weighted by Gasteiger charge is 2.09. The highest BCUT2D eigenvalue weighted by atomic mass is 16.5. The first kappa shape index (κ1) is 32.0. The van der Waals surface area contributed by atoms with Crippen LogP contribution in [0.1, 0.15) is 140 Å². The second kappa shape index (κ2) is 22.7. The molecule has 5 heteroatoms. The van der Waals surface area contributed by atoms with Crippen molar-refractivity contribution in [2.45, 2.75) is 136 Å². The monoisotopic (exact) mass is 478 g/mol.